The van der Waals surface area contributed by atoms with Gasteiger partial charge >= 0.3 is 0 Å². The average molecular weight is 471 g/mol. The smallest absolute Gasteiger partial charge is 0.274 e. The molecule has 1 aromatic heterocycles. The van der Waals surface area contributed by atoms with Crippen molar-refractivity contribution < 1.29 is 14.3 Å². The molecule has 2 aliphatic heterocycles. The normalized spacial score (nSPS) is 16.1. The molecule has 5 nitrogen and oxygen atoms in total. The van der Waals surface area contributed by atoms with Crippen LogP contribution in [0.3, 0.4) is 0 Å². The Morgan fingerprint density at radius 3 is 2.21 bits per heavy atom. The van der Waals surface area contributed by atoms with Crippen molar-refractivity contribution in [3.8, 4) is 16.7 Å². The van der Waals surface area contributed by atoms with Gasteiger partial charge < -0.3 is 14.4 Å². The molecule has 4 aromatic rings. The van der Waals surface area contributed by atoms with Gasteiger partial charge in [0.15, 0.2) is 0 Å². The Labute approximate surface area is 203 Å². The molecule has 0 unspecified atom stereocenters. The third-order valence-electron chi connectivity index (χ3n) is 6.87. The highest BCUT2D eigenvalue weighted by Crippen LogP contribution is 2.45. The van der Waals surface area contributed by atoms with Gasteiger partial charge in [0.05, 0.1) is 16.1 Å². The van der Waals surface area contributed by atoms with Crippen molar-refractivity contribution in [2.75, 3.05) is 13.1 Å². The molecule has 1 fully saturated rings. The zero-order valence-electron chi connectivity index (χ0n) is 19.3. The molecule has 1 amide bonds. The van der Waals surface area contributed by atoms with E-state index in [1.54, 1.807) is 11.3 Å². The number of amides is 1. The second kappa shape index (κ2) is 8.44. The molecule has 0 radical (unpaired) electrons. The molecular weight excluding hydrogens is 444 g/mol. The highest BCUT2D eigenvalue weighted by Gasteiger charge is 2.36. The van der Waals surface area contributed by atoms with Crippen LogP contribution in [-0.2, 0) is 4.79 Å². The van der Waals surface area contributed by atoms with E-state index in [0.29, 0.717) is 13.1 Å². The first kappa shape index (κ1) is 21.2. The first-order valence-electron chi connectivity index (χ1n) is 11.8. The predicted molar refractivity (Wildman–Crippen MR) is 134 cm³/mol. The predicted octanol–water partition coefficient (Wildman–Crippen LogP) is 6.22. The zero-order valence-corrected chi connectivity index (χ0v) is 20.1. The van der Waals surface area contributed by atoms with Crippen LogP contribution in [0.25, 0.3) is 10.2 Å². The van der Waals surface area contributed by atoms with Gasteiger partial charge in [-0.05, 0) is 37.1 Å². The van der Waals surface area contributed by atoms with Crippen LogP contribution in [0.5, 0.6) is 16.7 Å². The van der Waals surface area contributed by atoms with Crippen molar-refractivity contribution in [2.24, 2.45) is 0 Å². The Hall–Kier alpha value is -3.38. The lowest BCUT2D eigenvalue weighted by atomic mass is 9.86. The van der Waals surface area contributed by atoms with E-state index >= 15 is 0 Å². The number of likely N-dealkylation sites (tertiary alicyclic amines) is 1. The maximum absolute atomic E-state index is 13.8. The van der Waals surface area contributed by atoms with Gasteiger partial charge in [-0.3, -0.25) is 4.79 Å². The number of aryl methyl sites for hydroxylation is 2. The van der Waals surface area contributed by atoms with Crippen LogP contribution in [0.4, 0.5) is 0 Å². The molecule has 0 atom stereocenters. The van der Waals surface area contributed by atoms with E-state index in [1.165, 1.54) is 15.8 Å². The standard InChI is InChI=1S/C28H26N2O3S/c1-17-11-12-18(2)26-25(17)29-28(34-26)32-19-13-15-30(16-14-19)27(31)24-20-7-3-5-9-22(20)33-23-10-6-4-8-21(23)24/h3-12,19,24H,13-16H2,1-2H3. The number of ether oxygens (including phenoxy) is 2. The number of hydrogen-bond acceptors (Lipinski definition) is 5. The number of piperidine rings is 1. The Kier molecular flexibility index (Phi) is 5.26. The van der Waals surface area contributed by atoms with Crippen molar-refractivity contribution in [2.45, 2.75) is 38.7 Å². The highest BCUT2D eigenvalue weighted by atomic mass is 32.1. The Balaban J connectivity index is 1.18. The molecule has 0 saturated carbocycles. The van der Waals surface area contributed by atoms with Crippen LogP contribution < -0.4 is 9.47 Å². The molecule has 3 heterocycles. The molecule has 3 aromatic carbocycles. The fraction of sp³-hybridized carbons (Fsp3) is 0.286. The monoisotopic (exact) mass is 470 g/mol. The van der Waals surface area contributed by atoms with Gasteiger partial charge in [-0.2, -0.15) is 0 Å². The number of fused-ring (bicyclic) bond motifs is 3. The summed E-state index contributed by atoms with van der Waals surface area (Å²) in [4.78, 5) is 20.5. The minimum Gasteiger partial charge on any atom is -0.467 e. The first-order valence-corrected chi connectivity index (χ1v) is 12.6. The lowest BCUT2D eigenvalue weighted by molar-refractivity contribution is -0.133. The van der Waals surface area contributed by atoms with Gasteiger partial charge in [-0.15, -0.1) is 0 Å². The molecule has 2 aliphatic rings. The fourth-order valence-electron chi connectivity index (χ4n) is 4.99. The van der Waals surface area contributed by atoms with E-state index in [2.05, 4.69) is 26.0 Å². The van der Waals surface area contributed by atoms with E-state index in [-0.39, 0.29) is 17.9 Å². The average Bonchev–Trinajstić information content (AvgIpc) is 3.30. The number of hydrogen-bond donors (Lipinski definition) is 0. The Bertz CT molecular complexity index is 1300. The summed E-state index contributed by atoms with van der Waals surface area (Å²) in [7, 11) is 0. The summed E-state index contributed by atoms with van der Waals surface area (Å²) < 4.78 is 13.6. The molecule has 6 rings (SSSR count). The van der Waals surface area contributed by atoms with Crippen molar-refractivity contribution >= 4 is 27.5 Å². The summed E-state index contributed by atoms with van der Waals surface area (Å²) in [6, 6.07) is 20.0. The van der Waals surface area contributed by atoms with Crippen molar-refractivity contribution in [1.29, 1.82) is 0 Å². The van der Waals surface area contributed by atoms with E-state index in [4.69, 9.17) is 14.5 Å². The van der Waals surface area contributed by atoms with Crippen LogP contribution in [-0.4, -0.2) is 35.0 Å². The maximum atomic E-state index is 13.8. The van der Waals surface area contributed by atoms with Gasteiger partial charge in [-0.1, -0.05) is 59.9 Å². The fourth-order valence-corrected chi connectivity index (χ4v) is 6.01. The molecule has 0 spiro atoms. The van der Waals surface area contributed by atoms with E-state index < -0.39 is 0 Å². The van der Waals surface area contributed by atoms with Crippen LogP contribution in [0.1, 0.15) is 41.0 Å². The maximum Gasteiger partial charge on any atom is 0.274 e. The number of thiazole rings is 1. The summed E-state index contributed by atoms with van der Waals surface area (Å²) in [5.41, 5.74) is 5.30. The first-order chi connectivity index (χ1) is 16.6. The van der Waals surface area contributed by atoms with E-state index in [9.17, 15) is 4.79 Å². The lowest BCUT2D eigenvalue weighted by Crippen LogP contribution is -2.44. The number of rotatable bonds is 3. The number of carbonyl (C=O) groups excluding carboxylic acids is 1. The molecular formula is C28H26N2O3S. The zero-order chi connectivity index (χ0) is 23.2. The minimum atomic E-state index is -0.339. The van der Waals surface area contributed by atoms with E-state index in [1.807, 2.05) is 53.4 Å². The molecule has 0 aliphatic carbocycles. The summed E-state index contributed by atoms with van der Waals surface area (Å²) in [5.74, 6) is 1.32. The van der Waals surface area contributed by atoms with Crippen LogP contribution in [0.2, 0.25) is 0 Å². The number of carbonyl (C=O) groups is 1. The van der Waals surface area contributed by atoms with Crippen LogP contribution in [0.15, 0.2) is 60.7 Å². The summed E-state index contributed by atoms with van der Waals surface area (Å²) >= 11 is 1.62. The molecule has 172 valence electrons. The molecule has 0 N–H and O–H groups in total. The SMILES string of the molecule is Cc1ccc(C)c2sc(OC3CCN(C(=O)C4c5ccccc5Oc5ccccc54)CC3)nc12. The van der Waals surface area contributed by atoms with Crippen molar-refractivity contribution in [3.05, 3.63) is 82.9 Å². The second-order valence-electron chi connectivity index (χ2n) is 9.11. The number of para-hydroxylation sites is 2. The van der Waals surface area contributed by atoms with Crippen molar-refractivity contribution in [1.82, 2.24) is 9.88 Å². The third kappa shape index (κ3) is 3.62. The summed E-state index contributed by atoms with van der Waals surface area (Å²) in [6.07, 6.45) is 1.66. The summed E-state index contributed by atoms with van der Waals surface area (Å²) in [6.45, 7) is 5.55. The molecule has 0 bridgehead atoms. The van der Waals surface area contributed by atoms with E-state index in [0.717, 1.165) is 46.2 Å². The quantitative estimate of drug-likeness (QED) is 0.357. The van der Waals surface area contributed by atoms with Gasteiger partial charge in [0.25, 0.3) is 5.19 Å². The van der Waals surface area contributed by atoms with Gasteiger partial charge in [0, 0.05) is 37.1 Å². The number of nitrogens with zero attached hydrogens (tertiary/aromatic N) is 2. The Morgan fingerprint density at radius 2 is 1.56 bits per heavy atom. The molecule has 34 heavy (non-hydrogen) atoms. The largest absolute Gasteiger partial charge is 0.467 e. The third-order valence-corrected chi connectivity index (χ3v) is 7.95. The molecule has 6 heteroatoms. The highest BCUT2D eigenvalue weighted by molar-refractivity contribution is 7.20. The van der Waals surface area contributed by atoms with Gasteiger partial charge in [0.2, 0.25) is 5.91 Å². The lowest BCUT2D eigenvalue weighted by Gasteiger charge is -2.36. The summed E-state index contributed by atoms with van der Waals surface area (Å²) in [5, 5.41) is 0.726. The number of benzene rings is 3. The minimum absolute atomic E-state index is 0.0690. The van der Waals surface area contributed by atoms with Crippen molar-refractivity contribution in [3.63, 3.8) is 0 Å². The van der Waals surface area contributed by atoms with Gasteiger partial charge in [-0.25, -0.2) is 4.98 Å². The topological polar surface area (TPSA) is 51.7 Å². The van der Waals surface area contributed by atoms with Crippen LogP contribution in [0, 0.1) is 13.8 Å². The molecule has 1 saturated heterocycles. The number of aromatic nitrogens is 1. The van der Waals surface area contributed by atoms with Crippen LogP contribution >= 0.6 is 11.3 Å². The Morgan fingerprint density at radius 1 is 0.941 bits per heavy atom. The van der Waals surface area contributed by atoms with Gasteiger partial charge in [0.1, 0.15) is 17.6 Å². The second-order valence-corrected chi connectivity index (χ2v) is 10.1.